The number of amides is 1. The highest BCUT2D eigenvalue weighted by Crippen LogP contribution is 2.33. The van der Waals surface area contributed by atoms with Crippen LogP contribution in [0.3, 0.4) is 0 Å². The van der Waals surface area contributed by atoms with Crippen LogP contribution in [0.2, 0.25) is 0 Å². The topological polar surface area (TPSA) is 103 Å². The van der Waals surface area contributed by atoms with Gasteiger partial charge in [0.05, 0.1) is 17.3 Å². The maximum Gasteiger partial charge on any atom is 0.231 e. The lowest BCUT2D eigenvalue weighted by Gasteiger charge is -2.25. The summed E-state index contributed by atoms with van der Waals surface area (Å²) in [4.78, 5) is 19.2. The smallest absolute Gasteiger partial charge is 0.231 e. The molecule has 2 unspecified atom stereocenters. The lowest BCUT2D eigenvalue weighted by Crippen LogP contribution is -2.34. The Labute approximate surface area is 127 Å². The van der Waals surface area contributed by atoms with Gasteiger partial charge in [0.1, 0.15) is 5.82 Å². The van der Waals surface area contributed by atoms with Gasteiger partial charge >= 0.3 is 0 Å². The van der Waals surface area contributed by atoms with Crippen LogP contribution in [0.5, 0.6) is 0 Å². The number of nitrogens with one attached hydrogen (secondary N) is 2. The zero-order chi connectivity index (χ0) is 15.1. The van der Waals surface area contributed by atoms with E-state index in [2.05, 4.69) is 30.6 Å². The molecule has 116 valence electrons. The Morgan fingerprint density at radius 1 is 1.27 bits per heavy atom. The molecule has 2 aromatic rings. The van der Waals surface area contributed by atoms with Gasteiger partial charge in [-0.3, -0.25) is 9.89 Å². The third-order valence-corrected chi connectivity index (χ3v) is 4.67. The molecule has 2 aliphatic rings. The van der Waals surface area contributed by atoms with Gasteiger partial charge in [-0.15, -0.1) is 0 Å². The van der Waals surface area contributed by atoms with Crippen LogP contribution in [0, 0.1) is 6.92 Å². The van der Waals surface area contributed by atoms with Crippen molar-refractivity contribution >= 4 is 5.91 Å². The highest BCUT2D eigenvalue weighted by Gasteiger charge is 2.37. The van der Waals surface area contributed by atoms with Crippen molar-refractivity contribution in [2.24, 2.45) is 0 Å². The van der Waals surface area contributed by atoms with Crippen molar-refractivity contribution in [1.29, 1.82) is 0 Å². The summed E-state index contributed by atoms with van der Waals surface area (Å²) in [7, 11) is 0. The molecule has 4 rings (SSSR count). The van der Waals surface area contributed by atoms with Crippen LogP contribution in [-0.4, -0.2) is 54.5 Å². The summed E-state index contributed by atoms with van der Waals surface area (Å²) in [5.41, 5.74) is 1.79. The van der Waals surface area contributed by atoms with Crippen LogP contribution in [0.4, 0.5) is 0 Å². The molecule has 22 heavy (non-hydrogen) atoms. The van der Waals surface area contributed by atoms with Crippen LogP contribution >= 0.6 is 0 Å². The summed E-state index contributed by atoms with van der Waals surface area (Å²) in [5.74, 6) is 1.90. The second-order valence-corrected chi connectivity index (χ2v) is 6.15. The molecular weight excluding hydrogens is 282 g/mol. The maximum absolute atomic E-state index is 12.8. The van der Waals surface area contributed by atoms with Crippen molar-refractivity contribution in [2.45, 2.75) is 44.4 Å². The van der Waals surface area contributed by atoms with Gasteiger partial charge in [-0.25, -0.2) is 4.98 Å². The second kappa shape index (κ2) is 5.19. The Balaban J connectivity index is 1.49. The van der Waals surface area contributed by atoms with Crippen LogP contribution in [0.15, 0.2) is 0 Å². The van der Waals surface area contributed by atoms with Crippen molar-refractivity contribution in [3.05, 3.63) is 23.0 Å². The highest BCUT2D eigenvalue weighted by atomic mass is 16.2. The summed E-state index contributed by atoms with van der Waals surface area (Å²) in [6, 6.07) is 0. The number of H-pyrrole nitrogens is 2. The van der Waals surface area contributed by atoms with E-state index in [0.717, 1.165) is 55.3 Å². The normalized spacial score (nSPS) is 24.5. The van der Waals surface area contributed by atoms with Crippen LogP contribution in [0.25, 0.3) is 0 Å². The van der Waals surface area contributed by atoms with Gasteiger partial charge in [0.2, 0.25) is 5.91 Å². The number of aromatic nitrogens is 6. The zero-order valence-electron chi connectivity index (χ0n) is 12.5. The minimum Gasteiger partial charge on any atom is -0.341 e. The lowest BCUT2D eigenvalue weighted by atomic mass is 9.89. The fourth-order valence-corrected chi connectivity index (χ4v) is 3.51. The number of hydrogen-bond acceptors (Lipinski definition) is 5. The van der Waals surface area contributed by atoms with Gasteiger partial charge in [-0.05, 0) is 32.6 Å². The van der Waals surface area contributed by atoms with Crippen molar-refractivity contribution in [1.82, 2.24) is 35.5 Å². The summed E-state index contributed by atoms with van der Waals surface area (Å²) in [6.07, 6.45) is 3.68. The van der Waals surface area contributed by atoms with Crippen LogP contribution in [-0.2, 0) is 11.2 Å². The number of rotatable bonds is 2. The first-order valence-corrected chi connectivity index (χ1v) is 7.79. The predicted octanol–water partition coefficient (Wildman–Crippen LogP) is 0.667. The standard InChI is InChI=1S/C14H19N7O/c1-8-15-13(19-16-8)9-5-6-21(7-9)14(22)10-3-2-4-11-12(10)18-20-17-11/h9-10H,2-7H2,1H3,(H,15,16,19)(H,17,18,20). The number of aromatic amines is 2. The number of fused-ring (bicyclic) bond motifs is 1. The first-order valence-electron chi connectivity index (χ1n) is 7.79. The first-order chi connectivity index (χ1) is 10.7. The molecule has 0 aromatic carbocycles. The molecule has 0 bridgehead atoms. The predicted molar refractivity (Wildman–Crippen MR) is 77.1 cm³/mol. The Hall–Kier alpha value is -2.25. The van der Waals surface area contributed by atoms with E-state index in [4.69, 9.17) is 0 Å². The molecular formula is C14H19N7O. The molecule has 3 heterocycles. The van der Waals surface area contributed by atoms with Crippen molar-refractivity contribution in [3.63, 3.8) is 0 Å². The molecule has 2 aromatic heterocycles. The highest BCUT2D eigenvalue weighted by molar-refractivity contribution is 5.84. The Bertz CT molecular complexity index is 691. The van der Waals surface area contributed by atoms with Crippen LogP contribution in [0.1, 0.15) is 54.1 Å². The molecule has 2 N–H and O–H groups in total. The number of carbonyl (C=O) groups is 1. The summed E-state index contributed by atoms with van der Waals surface area (Å²) < 4.78 is 0. The molecule has 1 amide bonds. The van der Waals surface area contributed by atoms with E-state index in [1.807, 2.05) is 11.8 Å². The van der Waals surface area contributed by atoms with Gasteiger partial charge < -0.3 is 4.90 Å². The second-order valence-electron chi connectivity index (χ2n) is 6.15. The largest absolute Gasteiger partial charge is 0.341 e. The maximum atomic E-state index is 12.8. The number of aryl methyl sites for hydroxylation is 2. The van der Waals surface area contributed by atoms with E-state index in [-0.39, 0.29) is 17.7 Å². The minimum atomic E-state index is -0.143. The Morgan fingerprint density at radius 3 is 3.00 bits per heavy atom. The van der Waals surface area contributed by atoms with Crippen molar-refractivity contribution in [3.8, 4) is 0 Å². The third kappa shape index (κ3) is 2.18. The van der Waals surface area contributed by atoms with E-state index >= 15 is 0 Å². The van der Waals surface area contributed by atoms with Gasteiger partial charge in [-0.1, -0.05) is 0 Å². The Kier molecular flexibility index (Phi) is 3.16. The summed E-state index contributed by atoms with van der Waals surface area (Å²) in [6.45, 7) is 3.35. The average Bonchev–Trinajstić information content (AvgIpc) is 3.25. The lowest BCUT2D eigenvalue weighted by molar-refractivity contribution is -0.132. The first kappa shape index (κ1) is 13.4. The molecule has 1 fully saturated rings. The minimum absolute atomic E-state index is 0.143. The van der Waals surface area contributed by atoms with E-state index < -0.39 is 0 Å². The summed E-state index contributed by atoms with van der Waals surface area (Å²) >= 11 is 0. The number of nitrogens with zero attached hydrogens (tertiary/aromatic N) is 5. The molecule has 0 saturated carbocycles. The van der Waals surface area contributed by atoms with Crippen molar-refractivity contribution in [2.75, 3.05) is 13.1 Å². The zero-order valence-corrected chi connectivity index (χ0v) is 12.5. The quantitative estimate of drug-likeness (QED) is 0.848. The van der Waals surface area contributed by atoms with Crippen molar-refractivity contribution < 1.29 is 4.79 Å². The van der Waals surface area contributed by atoms with Gasteiger partial charge in [0.25, 0.3) is 0 Å². The summed E-state index contributed by atoms with van der Waals surface area (Å²) in [5, 5.41) is 18.1. The van der Waals surface area contributed by atoms with E-state index in [1.54, 1.807) is 0 Å². The molecule has 8 nitrogen and oxygen atoms in total. The van der Waals surface area contributed by atoms with Gasteiger partial charge in [-0.2, -0.15) is 20.5 Å². The fourth-order valence-electron chi connectivity index (χ4n) is 3.51. The van der Waals surface area contributed by atoms with Gasteiger partial charge in [0, 0.05) is 19.0 Å². The van der Waals surface area contributed by atoms with Crippen LogP contribution < -0.4 is 0 Å². The Morgan fingerprint density at radius 2 is 2.18 bits per heavy atom. The monoisotopic (exact) mass is 301 g/mol. The third-order valence-electron chi connectivity index (χ3n) is 4.67. The number of hydrogen-bond donors (Lipinski definition) is 2. The number of carbonyl (C=O) groups excluding carboxylic acids is 1. The molecule has 0 radical (unpaired) electrons. The molecule has 1 saturated heterocycles. The van der Waals surface area contributed by atoms with E-state index in [1.165, 1.54) is 0 Å². The molecule has 1 aliphatic heterocycles. The molecule has 8 heteroatoms. The van der Waals surface area contributed by atoms with E-state index in [0.29, 0.717) is 6.54 Å². The fraction of sp³-hybridized carbons (Fsp3) is 0.643. The molecule has 2 atom stereocenters. The SMILES string of the molecule is Cc1nc(C2CCN(C(=O)C3CCCc4n[nH]nc43)C2)n[nH]1. The molecule has 1 aliphatic carbocycles. The van der Waals surface area contributed by atoms with E-state index in [9.17, 15) is 4.79 Å². The van der Waals surface area contributed by atoms with Gasteiger partial charge in [0.15, 0.2) is 5.82 Å². The average molecular weight is 301 g/mol. The molecule has 0 spiro atoms. The number of likely N-dealkylation sites (tertiary alicyclic amines) is 1.